The van der Waals surface area contributed by atoms with Crippen molar-refractivity contribution in [2.24, 2.45) is 5.73 Å². The van der Waals surface area contributed by atoms with Crippen molar-refractivity contribution in [1.82, 2.24) is 4.90 Å². The van der Waals surface area contributed by atoms with Gasteiger partial charge in [-0.2, -0.15) is 13.2 Å². The van der Waals surface area contributed by atoms with Crippen LogP contribution in [0.3, 0.4) is 0 Å². The van der Waals surface area contributed by atoms with Crippen LogP contribution in [0.25, 0.3) is 0 Å². The van der Waals surface area contributed by atoms with E-state index < -0.39 is 30.0 Å². The first kappa shape index (κ1) is 15.1. The Bertz CT molecular complexity index is 312. The van der Waals surface area contributed by atoms with Gasteiger partial charge in [0.05, 0.1) is 0 Å². The molecule has 18 heavy (non-hydrogen) atoms. The first-order valence-corrected chi connectivity index (χ1v) is 5.84. The van der Waals surface area contributed by atoms with Crippen molar-refractivity contribution in [1.29, 1.82) is 0 Å². The molecule has 1 aliphatic heterocycles. The van der Waals surface area contributed by atoms with E-state index in [2.05, 4.69) is 0 Å². The van der Waals surface area contributed by atoms with Crippen molar-refractivity contribution in [3.8, 4) is 0 Å². The highest BCUT2D eigenvalue weighted by molar-refractivity contribution is 5.69. The molecule has 0 aromatic carbocycles. The predicted molar refractivity (Wildman–Crippen MR) is 60.0 cm³/mol. The minimum absolute atomic E-state index is 0.00578. The SMILES string of the molecule is CC(C)(C)OC(=O)N1[C@@H](CN)CC[C@H]1C(F)(F)F. The maximum absolute atomic E-state index is 12.8. The molecule has 1 saturated heterocycles. The Labute approximate surface area is 104 Å². The van der Waals surface area contributed by atoms with Crippen LogP contribution in [0.4, 0.5) is 18.0 Å². The maximum atomic E-state index is 12.8. The third-order valence-electron chi connectivity index (χ3n) is 2.76. The van der Waals surface area contributed by atoms with Gasteiger partial charge in [0.15, 0.2) is 0 Å². The Balaban J connectivity index is 2.88. The van der Waals surface area contributed by atoms with Crippen LogP contribution >= 0.6 is 0 Å². The molecule has 0 aromatic rings. The van der Waals surface area contributed by atoms with Crippen LogP contribution in [0.15, 0.2) is 0 Å². The minimum Gasteiger partial charge on any atom is -0.444 e. The largest absolute Gasteiger partial charge is 0.444 e. The topological polar surface area (TPSA) is 55.6 Å². The zero-order chi connectivity index (χ0) is 14.1. The monoisotopic (exact) mass is 268 g/mol. The fourth-order valence-electron chi connectivity index (χ4n) is 2.03. The van der Waals surface area contributed by atoms with Crippen molar-refractivity contribution < 1.29 is 22.7 Å². The Morgan fingerprint density at radius 2 is 1.89 bits per heavy atom. The van der Waals surface area contributed by atoms with Crippen molar-refractivity contribution in [2.75, 3.05) is 6.54 Å². The quantitative estimate of drug-likeness (QED) is 0.793. The predicted octanol–water partition coefficient (Wildman–Crippen LogP) is 2.28. The standard InChI is InChI=1S/C11H19F3N2O2/c1-10(2,3)18-9(17)16-7(6-15)4-5-8(16)11(12,13)14/h7-8H,4-6,15H2,1-3H3/t7-,8+/m1/s1. The van der Waals surface area contributed by atoms with Gasteiger partial charge >= 0.3 is 12.3 Å². The van der Waals surface area contributed by atoms with Gasteiger partial charge in [-0.25, -0.2) is 4.79 Å². The lowest BCUT2D eigenvalue weighted by Crippen LogP contribution is -2.51. The highest BCUT2D eigenvalue weighted by Crippen LogP contribution is 2.36. The van der Waals surface area contributed by atoms with Gasteiger partial charge in [-0.1, -0.05) is 0 Å². The fourth-order valence-corrected chi connectivity index (χ4v) is 2.03. The molecule has 0 spiro atoms. The van der Waals surface area contributed by atoms with E-state index in [4.69, 9.17) is 10.5 Å². The van der Waals surface area contributed by atoms with E-state index in [9.17, 15) is 18.0 Å². The molecule has 0 aliphatic carbocycles. The van der Waals surface area contributed by atoms with Crippen molar-refractivity contribution in [3.63, 3.8) is 0 Å². The average Bonchev–Trinajstić information content (AvgIpc) is 2.56. The Hall–Kier alpha value is -0.980. The average molecular weight is 268 g/mol. The number of nitrogens with zero attached hydrogens (tertiary/aromatic N) is 1. The third-order valence-corrected chi connectivity index (χ3v) is 2.76. The molecule has 0 aromatic heterocycles. The summed E-state index contributed by atoms with van der Waals surface area (Å²) in [5.74, 6) is 0. The molecule has 1 fully saturated rings. The van der Waals surface area contributed by atoms with Gasteiger partial charge in [0, 0.05) is 12.6 Å². The molecule has 1 amide bonds. The summed E-state index contributed by atoms with van der Waals surface area (Å²) in [5.41, 5.74) is 4.59. The number of alkyl halides is 3. The maximum Gasteiger partial charge on any atom is 0.411 e. The number of hydrogen-bond acceptors (Lipinski definition) is 3. The summed E-state index contributed by atoms with van der Waals surface area (Å²) in [6.45, 7) is 4.84. The van der Waals surface area contributed by atoms with Gasteiger partial charge < -0.3 is 10.5 Å². The lowest BCUT2D eigenvalue weighted by Gasteiger charge is -2.32. The summed E-state index contributed by atoms with van der Waals surface area (Å²) < 4.78 is 43.5. The summed E-state index contributed by atoms with van der Waals surface area (Å²) >= 11 is 0. The molecule has 106 valence electrons. The van der Waals surface area contributed by atoms with Crippen LogP contribution in [0.5, 0.6) is 0 Å². The smallest absolute Gasteiger partial charge is 0.411 e. The van der Waals surface area contributed by atoms with Gasteiger partial charge in [0.2, 0.25) is 0 Å². The van der Waals surface area contributed by atoms with Crippen LogP contribution in [0.1, 0.15) is 33.6 Å². The lowest BCUT2D eigenvalue weighted by molar-refractivity contribution is -0.176. The van der Waals surface area contributed by atoms with E-state index in [0.29, 0.717) is 0 Å². The Morgan fingerprint density at radius 1 is 1.33 bits per heavy atom. The van der Waals surface area contributed by atoms with Gasteiger partial charge in [-0.3, -0.25) is 4.90 Å². The van der Waals surface area contributed by atoms with Gasteiger partial charge in [0.1, 0.15) is 11.6 Å². The van der Waals surface area contributed by atoms with Crippen LogP contribution in [-0.4, -0.2) is 41.4 Å². The molecule has 1 rings (SSSR count). The summed E-state index contributed by atoms with van der Waals surface area (Å²) in [4.78, 5) is 12.6. The van der Waals surface area contributed by atoms with E-state index in [0.717, 1.165) is 4.90 Å². The molecule has 2 N–H and O–H groups in total. The second-order valence-electron chi connectivity index (χ2n) is 5.41. The third kappa shape index (κ3) is 3.51. The van der Waals surface area contributed by atoms with E-state index in [1.807, 2.05) is 0 Å². The first-order chi connectivity index (χ1) is 8.06. The molecule has 1 aliphatic rings. The number of ether oxygens (including phenoxy) is 1. The lowest BCUT2D eigenvalue weighted by atomic mass is 10.2. The normalized spacial score (nSPS) is 25.4. The zero-order valence-corrected chi connectivity index (χ0v) is 10.8. The van der Waals surface area contributed by atoms with Gasteiger partial charge in [-0.15, -0.1) is 0 Å². The molecule has 2 atom stereocenters. The molecule has 4 nitrogen and oxygen atoms in total. The van der Waals surface area contributed by atoms with Crippen molar-refractivity contribution in [3.05, 3.63) is 0 Å². The number of likely N-dealkylation sites (tertiary alicyclic amines) is 1. The van der Waals surface area contributed by atoms with Crippen molar-refractivity contribution >= 4 is 6.09 Å². The van der Waals surface area contributed by atoms with Crippen molar-refractivity contribution in [2.45, 2.75) is 57.5 Å². The van der Waals surface area contributed by atoms with Crippen LogP contribution in [-0.2, 0) is 4.74 Å². The van der Waals surface area contributed by atoms with E-state index in [1.165, 1.54) is 0 Å². The van der Waals surface area contributed by atoms with E-state index >= 15 is 0 Å². The Kier molecular flexibility index (Phi) is 4.15. The van der Waals surface area contributed by atoms with Crippen LogP contribution < -0.4 is 5.73 Å². The number of carbonyl (C=O) groups excluding carboxylic acids is 1. The summed E-state index contributed by atoms with van der Waals surface area (Å²) in [5, 5.41) is 0. The highest BCUT2D eigenvalue weighted by Gasteiger charge is 2.52. The summed E-state index contributed by atoms with van der Waals surface area (Å²) in [6.07, 6.45) is -5.26. The second kappa shape index (κ2) is 4.95. The zero-order valence-electron chi connectivity index (χ0n) is 10.8. The van der Waals surface area contributed by atoms with Crippen LogP contribution in [0.2, 0.25) is 0 Å². The number of hydrogen-bond donors (Lipinski definition) is 1. The molecular formula is C11H19F3N2O2. The molecule has 0 unspecified atom stereocenters. The molecule has 0 radical (unpaired) electrons. The van der Waals surface area contributed by atoms with Gasteiger partial charge in [-0.05, 0) is 33.6 Å². The molecule has 0 bridgehead atoms. The number of nitrogens with two attached hydrogens (primary N) is 1. The number of halogens is 3. The number of amides is 1. The summed E-state index contributed by atoms with van der Waals surface area (Å²) in [7, 11) is 0. The highest BCUT2D eigenvalue weighted by atomic mass is 19.4. The molecule has 7 heteroatoms. The second-order valence-corrected chi connectivity index (χ2v) is 5.41. The van der Waals surface area contributed by atoms with Gasteiger partial charge in [0.25, 0.3) is 0 Å². The first-order valence-electron chi connectivity index (χ1n) is 5.84. The van der Waals surface area contributed by atoms with E-state index in [-0.39, 0.29) is 19.4 Å². The fraction of sp³-hybridized carbons (Fsp3) is 0.909. The van der Waals surface area contributed by atoms with Crippen LogP contribution in [0, 0.1) is 0 Å². The Morgan fingerprint density at radius 3 is 2.28 bits per heavy atom. The molecular weight excluding hydrogens is 249 g/mol. The number of carbonyl (C=O) groups is 1. The minimum atomic E-state index is -4.44. The molecule has 1 heterocycles. The number of rotatable bonds is 1. The van der Waals surface area contributed by atoms with E-state index in [1.54, 1.807) is 20.8 Å². The molecule has 0 saturated carbocycles. The summed E-state index contributed by atoms with van der Waals surface area (Å²) in [6, 6.07) is -2.40.